The first-order valence-corrected chi connectivity index (χ1v) is 8.77. The zero-order valence-corrected chi connectivity index (χ0v) is 16.1. The highest BCUT2D eigenvalue weighted by Gasteiger charge is 2.41. The summed E-state index contributed by atoms with van der Waals surface area (Å²) in [6.07, 6.45) is -3.58. The van der Waals surface area contributed by atoms with Crippen molar-refractivity contribution < 1.29 is 27.1 Å². The molecule has 2 heterocycles. The van der Waals surface area contributed by atoms with E-state index in [0.717, 1.165) is 0 Å². The van der Waals surface area contributed by atoms with Crippen molar-refractivity contribution in [2.75, 3.05) is 0 Å². The predicted molar refractivity (Wildman–Crippen MR) is 96.4 cm³/mol. The van der Waals surface area contributed by atoms with Crippen LogP contribution in [0.4, 0.5) is 13.2 Å². The first-order valence-electron chi connectivity index (χ1n) is 7.60. The lowest BCUT2D eigenvalue weighted by Gasteiger charge is -2.15. The largest absolute Gasteiger partial charge is 0.457 e. The second kappa shape index (κ2) is 7.73. The van der Waals surface area contributed by atoms with Crippen molar-refractivity contribution in [1.29, 1.82) is 5.26 Å². The Morgan fingerprint density at radius 1 is 1.29 bits per heavy atom. The van der Waals surface area contributed by atoms with E-state index in [9.17, 15) is 23.2 Å². The SMILES string of the molecule is N#Cc1c(Br)c(C(F)(F)F)n(COC(=O)c2ccco2)c1-c1ccc(Cl)cc1. The molecule has 0 aliphatic rings. The Hall–Kier alpha value is -2.70. The number of carbonyl (C=O) groups is 1. The number of esters is 1. The smallest absolute Gasteiger partial charge is 0.432 e. The molecule has 0 fully saturated rings. The van der Waals surface area contributed by atoms with Crippen LogP contribution < -0.4 is 0 Å². The molecular formula is C18H9BrClF3N2O3. The summed E-state index contributed by atoms with van der Waals surface area (Å²) in [6.45, 7) is -0.785. The molecule has 0 aliphatic heterocycles. The van der Waals surface area contributed by atoms with Crippen LogP contribution in [0.5, 0.6) is 0 Å². The summed E-state index contributed by atoms with van der Waals surface area (Å²) < 4.78 is 51.2. The number of nitrogens with zero attached hydrogens (tertiary/aromatic N) is 2. The molecular weight excluding hydrogens is 465 g/mol. The number of aromatic nitrogens is 1. The molecule has 0 spiro atoms. The third kappa shape index (κ3) is 3.79. The van der Waals surface area contributed by atoms with Gasteiger partial charge >= 0.3 is 12.1 Å². The van der Waals surface area contributed by atoms with E-state index in [-0.39, 0.29) is 17.0 Å². The van der Waals surface area contributed by atoms with Gasteiger partial charge in [-0.05, 0) is 45.8 Å². The van der Waals surface area contributed by atoms with Gasteiger partial charge in [0.2, 0.25) is 5.76 Å². The number of benzene rings is 1. The second-order valence-electron chi connectivity index (χ2n) is 5.47. The van der Waals surface area contributed by atoms with Crippen molar-refractivity contribution in [3.63, 3.8) is 0 Å². The van der Waals surface area contributed by atoms with Gasteiger partial charge in [-0.3, -0.25) is 0 Å². The van der Waals surface area contributed by atoms with Crippen molar-refractivity contribution in [2.24, 2.45) is 0 Å². The third-order valence-electron chi connectivity index (χ3n) is 3.75. The topological polar surface area (TPSA) is 68.2 Å². The maximum Gasteiger partial charge on any atom is 0.432 e. The van der Waals surface area contributed by atoms with E-state index in [4.69, 9.17) is 20.8 Å². The minimum Gasteiger partial charge on any atom is -0.457 e. The maximum atomic E-state index is 13.7. The maximum absolute atomic E-state index is 13.7. The quantitative estimate of drug-likeness (QED) is 0.445. The molecule has 0 amide bonds. The first kappa shape index (κ1) is 20.0. The van der Waals surface area contributed by atoms with Gasteiger partial charge in [0, 0.05) is 5.02 Å². The number of hydrogen-bond donors (Lipinski definition) is 0. The van der Waals surface area contributed by atoms with Gasteiger partial charge in [0.05, 0.1) is 22.0 Å². The Bertz CT molecular complexity index is 1050. The zero-order chi connectivity index (χ0) is 20.5. The highest BCUT2D eigenvalue weighted by Crippen LogP contribution is 2.43. The van der Waals surface area contributed by atoms with Gasteiger partial charge in [0.25, 0.3) is 0 Å². The molecule has 28 heavy (non-hydrogen) atoms. The summed E-state index contributed by atoms with van der Waals surface area (Å²) in [5.74, 6) is -1.10. The normalized spacial score (nSPS) is 11.3. The van der Waals surface area contributed by atoms with Gasteiger partial charge in [0.15, 0.2) is 6.73 Å². The zero-order valence-electron chi connectivity index (χ0n) is 13.8. The van der Waals surface area contributed by atoms with Gasteiger partial charge in [-0.15, -0.1) is 0 Å². The van der Waals surface area contributed by atoms with Crippen molar-refractivity contribution in [2.45, 2.75) is 12.9 Å². The average molecular weight is 474 g/mol. The second-order valence-corrected chi connectivity index (χ2v) is 6.70. The standard InChI is InChI=1S/C18H9BrClF3N2O3/c19-14-12(8-24)15(10-3-5-11(20)6-4-10)25(16(14)18(21,22)23)9-28-17(26)13-2-1-7-27-13/h1-7H,9H2. The van der Waals surface area contributed by atoms with Crippen molar-refractivity contribution in [1.82, 2.24) is 4.57 Å². The summed E-state index contributed by atoms with van der Waals surface area (Å²) in [7, 11) is 0. The number of ether oxygens (including phenoxy) is 1. The van der Waals surface area contributed by atoms with E-state index < -0.39 is 29.0 Å². The number of alkyl halides is 3. The molecule has 10 heteroatoms. The molecule has 1 aromatic carbocycles. The monoisotopic (exact) mass is 472 g/mol. The Labute approximate surface area is 170 Å². The van der Waals surface area contributed by atoms with Crippen LogP contribution in [0.15, 0.2) is 51.6 Å². The molecule has 3 aromatic rings. The van der Waals surface area contributed by atoms with Gasteiger partial charge < -0.3 is 13.7 Å². The van der Waals surface area contributed by atoms with Crippen LogP contribution in [0, 0.1) is 11.3 Å². The molecule has 2 aromatic heterocycles. The van der Waals surface area contributed by atoms with Crippen molar-refractivity contribution in [3.05, 3.63) is 69.2 Å². The molecule has 144 valence electrons. The van der Waals surface area contributed by atoms with Crippen LogP contribution in [0.2, 0.25) is 5.02 Å². The van der Waals surface area contributed by atoms with E-state index in [1.54, 1.807) is 6.07 Å². The van der Waals surface area contributed by atoms with Crippen LogP contribution in [0.3, 0.4) is 0 Å². The summed E-state index contributed by atoms with van der Waals surface area (Å²) in [5.41, 5.74) is -1.17. The number of halogens is 5. The number of rotatable bonds is 4. The fraction of sp³-hybridized carbons (Fsp3) is 0.111. The van der Waals surface area contributed by atoms with E-state index in [0.29, 0.717) is 15.2 Å². The summed E-state index contributed by atoms with van der Waals surface area (Å²) in [4.78, 5) is 12.0. The Kier molecular flexibility index (Phi) is 5.54. The lowest BCUT2D eigenvalue weighted by molar-refractivity contribution is -0.145. The summed E-state index contributed by atoms with van der Waals surface area (Å²) in [6, 6.07) is 10.4. The fourth-order valence-corrected chi connectivity index (χ4v) is 3.43. The number of furan rings is 1. The van der Waals surface area contributed by atoms with Gasteiger partial charge in [-0.1, -0.05) is 23.7 Å². The summed E-state index contributed by atoms with van der Waals surface area (Å²) in [5, 5.41) is 9.81. The minimum absolute atomic E-state index is 0.0642. The Morgan fingerprint density at radius 3 is 2.50 bits per heavy atom. The molecule has 3 rings (SSSR count). The van der Waals surface area contributed by atoms with Gasteiger partial charge in [0.1, 0.15) is 11.8 Å². The minimum atomic E-state index is -4.81. The predicted octanol–water partition coefficient (Wildman–Crippen LogP) is 5.87. The molecule has 5 nitrogen and oxygen atoms in total. The Morgan fingerprint density at radius 2 is 1.96 bits per heavy atom. The number of nitriles is 1. The summed E-state index contributed by atoms with van der Waals surface area (Å²) >= 11 is 8.70. The van der Waals surface area contributed by atoms with Crippen LogP contribution in [-0.4, -0.2) is 10.5 Å². The molecule has 0 saturated carbocycles. The number of carbonyl (C=O) groups excluding carboxylic acids is 1. The van der Waals surface area contributed by atoms with Crippen molar-refractivity contribution >= 4 is 33.5 Å². The molecule has 0 unspecified atom stereocenters. The first-order chi connectivity index (χ1) is 13.2. The molecule has 0 atom stereocenters. The fourth-order valence-electron chi connectivity index (χ4n) is 2.59. The van der Waals surface area contributed by atoms with E-state index in [1.807, 2.05) is 0 Å². The van der Waals surface area contributed by atoms with Crippen LogP contribution >= 0.6 is 27.5 Å². The van der Waals surface area contributed by atoms with E-state index >= 15 is 0 Å². The average Bonchev–Trinajstić information content (AvgIpc) is 3.26. The molecule has 0 radical (unpaired) electrons. The van der Waals surface area contributed by atoms with Crippen molar-refractivity contribution in [3.8, 4) is 17.3 Å². The van der Waals surface area contributed by atoms with Crippen LogP contribution in [0.25, 0.3) is 11.3 Å². The lowest BCUT2D eigenvalue weighted by Crippen LogP contribution is -2.18. The van der Waals surface area contributed by atoms with E-state index in [1.165, 1.54) is 42.7 Å². The lowest BCUT2D eigenvalue weighted by atomic mass is 10.1. The highest BCUT2D eigenvalue weighted by atomic mass is 79.9. The number of hydrogen-bond acceptors (Lipinski definition) is 4. The Balaban J connectivity index is 2.13. The highest BCUT2D eigenvalue weighted by molar-refractivity contribution is 9.10. The van der Waals surface area contributed by atoms with Crippen LogP contribution in [-0.2, 0) is 17.6 Å². The molecule has 0 N–H and O–H groups in total. The molecule has 0 saturated heterocycles. The molecule has 0 aliphatic carbocycles. The van der Waals surface area contributed by atoms with Crippen LogP contribution in [0.1, 0.15) is 21.8 Å². The van der Waals surface area contributed by atoms with Gasteiger partial charge in [-0.25, -0.2) is 4.79 Å². The van der Waals surface area contributed by atoms with Gasteiger partial charge in [-0.2, -0.15) is 18.4 Å². The third-order valence-corrected chi connectivity index (χ3v) is 4.77. The molecule has 0 bridgehead atoms. The van der Waals surface area contributed by atoms with E-state index in [2.05, 4.69) is 15.9 Å².